The molecule has 0 bridgehead atoms. The second-order valence-corrected chi connectivity index (χ2v) is 3.51. The maximum absolute atomic E-state index is 11.2. The number of nitrogens with two attached hydrogens (primary N) is 1. The van der Waals surface area contributed by atoms with Gasteiger partial charge < -0.3 is 15.7 Å². The molecule has 0 aliphatic carbocycles. The number of anilines is 1. The first kappa shape index (κ1) is 8.78. The summed E-state index contributed by atoms with van der Waals surface area (Å²) < 4.78 is 0. The van der Waals surface area contributed by atoms with Crippen molar-refractivity contribution >= 4 is 16.9 Å². The average molecular weight is 215 g/mol. The molecular formula is C10H9N5O. The zero-order valence-electron chi connectivity index (χ0n) is 8.24. The van der Waals surface area contributed by atoms with E-state index in [-0.39, 0.29) is 5.69 Å². The number of aromatic nitrogens is 4. The van der Waals surface area contributed by atoms with Gasteiger partial charge in [0.15, 0.2) is 0 Å². The zero-order chi connectivity index (χ0) is 11.1. The number of rotatable bonds is 1. The predicted octanol–water partition coefficient (Wildman–Crippen LogP) is 0.829. The van der Waals surface area contributed by atoms with Crippen molar-refractivity contribution < 1.29 is 0 Å². The summed E-state index contributed by atoms with van der Waals surface area (Å²) in [5.41, 5.74) is 8.46. The molecule has 0 unspecified atom stereocenters. The van der Waals surface area contributed by atoms with Crippen LogP contribution in [0.4, 0.5) is 5.82 Å². The number of aromatic amines is 3. The van der Waals surface area contributed by atoms with Crippen LogP contribution in [-0.2, 0) is 0 Å². The van der Waals surface area contributed by atoms with Crippen molar-refractivity contribution in [3.05, 3.63) is 34.7 Å². The number of benzene rings is 1. The second kappa shape index (κ2) is 2.99. The van der Waals surface area contributed by atoms with Crippen LogP contribution in [0, 0.1) is 0 Å². The Morgan fingerprint density at radius 3 is 2.88 bits per heavy atom. The fraction of sp³-hybridized carbons (Fsp3) is 0. The van der Waals surface area contributed by atoms with Gasteiger partial charge in [0.1, 0.15) is 5.82 Å². The van der Waals surface area contributed by atoms with E-state index in [1.165, 1.54) is 0 Å². The van der Waals surface area contributed by atoms with Gasteiger partial charge in [-0.25, -0.2) is 4.79 Å². The number of nitrogens with one attached hydrogen (secondary N) is 3. The summed E-state index contributed by atoms with van der Waals surface area (Å²) in [6.45, 7) is 0. The molecular weight excluding hydrogens is 206 g/mol. The molecule has 0 fully saturated rings. The number of hydrogen-bond acceptors (Lipinski definition) is 3. The Hall–Kier alpha value is -2.50. The van der Waals surface area contributed by atoms with Crippen LogP contribution in [0.3, 0.4) is 0 Å². The predicted molar refractivity (Wildman–Crippen MR) is 60.9 cm³/mol. The van der Waals surface area contributed by atoms with Gasteiger partial charge in [-0.15, -0.1) is 0 Å². The fourth-order valence-electron chi connectivity index (χ4n) is 1.76. The SMILES string of the molecule is Nc1cc(-c2cccc3[nH]c(=O)[nH]c23)[nH]n1. The molecule has 0 amide bonds. The van der Waals surface area contributed by atoms with Crippen molar-refractivity contribution in [2.75, 3.05) is 5.73 Å². The van der Waals surface area contributed by atoms with E-state index in [1.807, 2.05) is 18.2 Å². The minimum atomic E-state index is -0.227. The van der Waals surface area contributed by atoms with Gasteiger partial charge in [-0.2, -0.15) is 5.10 Å². The van der Waals surface area contributed by atoms with Gasteiger partial charge in [-0.1, -0.05) is 12.1 Å². The third-order valence-corrected chi connectivity index (χ3v) is 2.44. The van der Waals surface area contributed by atoms with E-state index in [4.69, 9.17) is 5.73 Å². The lowest BCUT2D eigenvalue weighted by Gasteiger charge is -1.98. The highest BCUT2D eigenvalue weighted by molar-refractivity contribution is 5.90. The lowest BCUT2D eigenvalue weighted by atomic mass is 10.1. The van der Waals surface area contributed by atoms with Crippen molar-refractivity contribution in [3.63, 3.8) is 0 Å². The van der Waals surface area contributed by atoms with Crippen molar-refractivity contribution in [3.8, 4) is 11.3 Å². The van der Waals surface area contributed by atoms with E-state index in [2.05, 4.69) is 20.2 Å². The van der Waals surface area contributed by atoms with E-state index in [1.54, 1.807) is 6.07 Å². The minimum Gasteiger partial charge on any atom is -0.382 e. The lowest BCUT2D eigenvalue weighted by Crippen LogP contribution is -1.99. The van der Waals surface area contributed by atoms with E-state index >= 15 is 0 Å². The molecule has 2 aromatic heterocycles. The molecule has 0 spiro atoms. The van der Waals surface area contributed by atoms with E-state index in [0.717, 1.165) is 22.3 Å². The highest BCUT2D eigenvalue weighted by Crippen LogP contribution is 2.24. The van der Waals surface area contributed by atoms with Crippen LogP contribution in [0.15, 0.2) is 29.1 Å². The first-order valence-electron chi connectivity index (χ1n) is 4.76. The summed E-state index contributed by atoms with van der Waals surface area (Å²) in [4.78, 5) is 16.6. The summed E-state index contributed by atoms with van der Waals surface area (Å²) in [6.07, 6.45) is 0. The number of imidazole rings is 1. The van der Waals surface area contributed by atoms with Crippen LogP contribution < -0.4 is 11.4 Å². The number of hydrogen-bond donors (Lipinski definition) is 4. The molecule has 0 aliphatic heterocycles. The molecule has 3 rings (SSSR count). The molecule has 0 atom stereocenters. The van der Waals surface area contributed by atoms with Gasteiger partial charge in [-0.05, 0) is 6.07 Å². The standard InChI is InChI=1S/C10H9N5O/c11-8-4-7(14-15-8)5-2-1-3-6-9(5)13-10(16)12-6/h1-4H,(H3,11,14,15)(H2,12,13,16). The minimum absolute atomic E-state index is 0.227. The highest BCUT2D eigenvalue weighted by atomic mass is 16.1. The molecule has 0 saturated carbocycles. The van der Waals surface area contributed by atoms with E-state index in [9.17, 15) is 4.79 Å². The Balaban J connectivity index is 2.34. The molecule has 3 aromatic rings. The van der Waals surface area contributed by atoms with Gasteiger partial charge in [0.25, 0.3) is 0 Å². The molecule has 5 N–H and O–H groups in total. The highest BCUT2D eigenvalue weighted by Gasteiger charge is 2.08. The molecule has 0 aliphatic rings. The molecule has 2 heterocycles. The first-order valence-corrected chi connectivity index (χ1v) is 4.76. The van der Waals surface area contributed by atoms with Crippen LogP contribution in [-0.4, -0.2) is 20.2 Å². The maximum Gasteiger partial charge on any atom is 0.323 e. The number of nitrogens with zero attached hydrogens (tertiary/aromatic N) is 1. The second-order valence-electron chi connectivity index (χ2n) is 3.51. The van der Waals surface area contributed by atoms with Gasteiger partial charge in [0.2, 0.25) is 0 Å². The third-order valence-electron chi connectivity index (χ3n) is 2.44. The Morgan fingerprint density at radius 2 is 2.12 bits per heavy atom. The summed E-state index contributed by atoms with van der Waals surface area (Å²) in [5.74, 6) is 0.421. The largest absolute Gasteiger partial charge is 0.382 e. The Labute approximate surface area is 89.5 Å². The van der Waals surface area contributed by atoms with Crippen LogP contribution >= 0.6 is 0 Å². The van der Waals surface area contributed by atoms with E-state index < -0.39 is 0 Å². The monoisotopic (exact) mass is 215 g/mol. The smallest absolute Gasteiger partial charge is 0.323 e. The summed E-state index contributed by atoms with van der Waals surface area (Å²) in [6, 6.07) is 7.30. The van der Waals surface area contributed by atoms with Gasteiger partial charge >= 0.3 is 5.69 Å². The number of H-pyrrole nitrogens is 3. The number of para-hydroxylation sites is 1. The first-order chi connectivity index (χ1) is 7.74. The van der Waals surface area contributed by atoms with Crippen molar-refractivity contribution in [1.82, 2.24) is 20.2 Å². The summed E-state index contributed by atoms with van der Waals surface area (Å²) in [7, 11) is 0. The third kappa shape index (κ3) is 1.20. The Kier molecular flexibility index (Phi) is 1.64. The van der Waals surface area contributed by atoms with Crippen LogP contribution in [0.5, 0.6) is 0 Å². The van der Waals surface area contributed by atoms with Gasteiger partial charge in [0.05, 0.1) is 16.7 Å². The maximum atomic E-state index is 11.2. The van der Waals surface area contributed by atoms with Crippen LogP contribution in [0.1, 0.15) is 0 Å². The molecule has 0 radical (unpaired) electrons. The van der Waals surface area contributed by atoms with Gasteiger partial charge in [0, 0.05) is 11.6 Å². The van der Waals surface area contributed by atoms with Crippen molar-refractivity contribution in [2.24, 2.45) is 0 Å². The van der Waals surface area contributed by atoms with Crippen molar-refractivity contribution in [1.29, 1.82) is 0 Å². The topological polar surface area (TPSA) is 103 Å². The molecule has 80 valence electrons. The zero-order valence-corrected chi connectivity index (χ0v) is 8.24. The molecule has 1 aromatic carbocycles. The molecule has 6 heteroatoms. The lowest BCUT2D eigenvalue weighted by molar-refractivity contribution is 1.10. The number of fused-ring (bicyclic) bond motifs is 1. The summed E-state index contributed by atoms with van der Waals surface area (Å²) >= 11 is 0. The van der Waals surface area contributed by atoms with Crippen LogP contribution in [0.2, 0.25) is 0 Å². The van der Waals surface area contributed by atoms with Crippen molar-refractivity contribution in [2.45, 2.75) is 0 Å². The summed E-state index contributed by atoms with van der Waals surface area (Å²) in [5, 5.41) is 6.67. The Morgan fingerprint density at radius 1 is 1.25 bits per heavy atom. The fourth-order valence-corrected chi connectivity index (χ4v) is 1.76. The van der Waals surface area contributed by atoms with Gasteiger partial charge in [-0.3, -0.25) is 5.10 Å². The molecule has 6 nitrogen and oxygen atoms in total. The quantitative estimate of drug-likeness (QED) is 0.483. The number of nitrogen functional groups attached to an aromatic ring is 1. The normalized spacial score (nSPS) is 11.0. The van der Waals surface area contributed by atoms with Crippen LogP contribution in [0.25, 0.3) is 22.3 Å². The molecule has 16 heavy (non-hydrogen) atoms. The molecule has 0 saturated heterocycles. The average Bonchev–Trinajstić information content (AvgIpc) is 2.82. The Bertz CT molecular complexity index is 705. The van der Waals surface area contributed by atoms with E-state index in [0.29, 0.717) is 5.82 Å².